The van der Waals surface area contributed by atoms with Crippen LogP contribution in [0.15, 0.2) is 18.2 Å². The second-order valence-electron chi connectivity index (χ2n) is 7.38. The van der Waals surface area contributed by atoms with Gasteiger partial charge in [0.05, 0.1) is 0 Å². The number of nitrogens with zero attached hydrogens (tertiary/aromatic N) is 1. The highest BCUT2D eigenvalue weighted by molar-refractivity contribution is 7.98. The third-order valence-corrected chi connectivity index (χ3v) is 5.30. The summed E-state index contributed by atoms with van der Waals surface area (Å²) in [5.41, 5.74) is 2.88. The molecule has 2 N–H and O–H groups in total. The Bertz CT molecular complexity index is 692. The lowest BCUT2D eigenvalue weighted by Crippen LogP contribution is -2.38. The minimum atomic E-state index is -0.535. The van der Waals surface area contributed by atoms with Gasteiger partial charge in [-0.2, -0.15) is 11.8 Å². The number of hydrogen-bond acceptors (Lipinski definition) is 4. The van der Waals surface area contributed by atoms with Gasteiger partial charge in [-0.05, 0) is 41.4 Å². The van der Waals surface area contributed by atoms with Crippen LogP contribution in [0.2, 0.25) is 0 Å². The van der Waals surface area contributed by atoms with Crippen molar-refractivity contribution in [3.8, 4) is 0 Å². The molecule has 7 heteroatoms. The Morgan fingerprint density at radius 2 is 1.78 bits per heavy atom. The van der Waals surface area contributed by atoms with Gasteiger partial charge in [0.15, 0.2) is 0 Å². The summed E-state index contributed by atoms with van der Waals surface area (Å²) in [6.45, 7) is 8.02. The van der Waals surface area contributed by atoms with E-state index < -0.39 is 12.1 Å². The number of thioether (sulfide) groups is 1. The fourth-order valence-electron chi connectivity index (χ4n) is 3.18. The first-order valence-corrected chi connectivity index (χ1v) is 10.7. The molecule has 1 aromatic carbocycles. The highest BCUT2D eigenvalue weighted by atomic mass is 32.2. The molecule has 0 bridgehead atoms. The third kappa shape index (κ3) is 5.03. The minimum Gasteiger partial charge on any atom is -0.326 e. The van der Waals surface area contributed by atoms with E-state index in [0.29, 0.717) is 6.42 Å². The average molecular weight is 392 g/mol. The molecule has 6 nitrogen and oxygen atoms in total. The van der Waals surface area contributed by atoms with Crippen LogP contribution in [0.1, 0.15) is 57.1 Å². The van der Waals surface area contributed by atoms with Gasteiger partial charge in [0, 0.05) is 5.69 Å². The predicted octanol–water partition coefficient (Wildman–Crippen LogP) is 3.55. The molecule has 1 aliphatic rings. The minimum absolute atomic E-state index is 0.242. The number of nitrogens with one attached hydrogen (secondary N) is 2. The molecule has 0 saturated carbocycles. The lowest BCUT2D eigenvalue weighted by molar-refractivity contribution is -0.130. The van der Waals surface area contributed by atoms with Crippen LogP contribution in [0, 0.1) is 0 Å². The van der Waals surface area contributed by atoms with Crippen molar-refractivity contribution in [2.45, 2.75) is 52.0 Å². The molecule has 1 aromatic rings. The van der Waals surface area contributed by atoms with Gasteiger partial charge < -0.3 is 10.6 Å². The molecule has 1 aliphatic heterocycles. The summed E-state index contributed by atoms with van der Waals surface area (Å²) in [6, 6.07) is 4.96. The number of urea groups is 1. The molecule has 27 heavy (non-hydrogen) atoms. The Hall–Kier alpha value is -2.02. The first-order chi connectivity index (χ1) is 12.8. The van der Waals surface area contributed by atoms with Gasteiger partial charge in [-0.25, -0.2) is 4.79 Å². The van der Waals surface area contributed by atoms with E-state index in [4.69, 9.17) is 0 Å². The van der Waals surface area contributed by atoms with Crippen molar-refractivity contribution in [3.05, 3.63) is 29.3 Å². The quantitative estimate of drug-likeness (QED) is 0.664. The van der Waals surface area contributed by atoms with E-state index >= 15 is 0 Å². The number of imide groups is 1. The lowest BCUT2D eigenvalue weighted by Gasteiger charge is -2.21. The molecule has 0 radical (unpaired) electrons. The molecule has 4 amide bonds. The van der Waals surface area contributed by atoms with Crippen LogP contribution >= 0.6 is 11.8 Å². The maximum Gasteiger partial charge on any atom is 0.325 e. The summed E-state index contributed by atoms with van der Waals surface area (Å²) in [4.78, 5) is 38.2. The maximum absolute atomic E-state index is 12.6. The van der Waals surface area contributed by atoms with Crippen LogP contribution in [0.5, 0.6) is 0 Å². The maximum atomic E-state index is 12.6. The van der Waals surface area contributed by atoms with E-state index in [2.05, 4.69) is 38.3 Å². The number of rotatable bonds is 8. The van der Waals surface area contributed by atoms with Crippen LogP contribution in [0.3, 0.4) is 0 Å². The Labute approximate surface area is 165 Å². The monoisotopic (exact) mass is 391 g/mol. The average Bonchev–Trinajstić information content (AvgIpc) is 2.87. The van der Waals surface area contributed by atoms with Crippen molar-refractivity contribution in [3.63, 3.8) is 0 Å². The van der Waals surface area contributed by atoms with E-state index in [1.165, 1.54) is 0 Å². The zero-order chi connectivity index (χ0) is 20.1. The second-order valence-corrected chi connectivity index (χ2v) is 8.36. The summed E-state index contributed by atoms with van der Waals surface area (Å²) < 4.78 is 0. The molecule has 2 rings (SSSR count). The summed E-state index contributed by atoms with van der Waals surface area (Å²) in [5, 5.41) is 5.61. The molecule has 0 unspecified atom stereocenters. The highest BCUT2D eigenvalue weighted by Gasteiger charge is 2.38. The van der Waals surface area contributed by atoms with Crippen molar-refractivity contribution < 1.29 is 14.4 Å². The molecule has 1 saturated heterocycles. The number of para-hydroxylation sites is 1. The number of benzene rings is 1. The molecule has 1 fully saturated rings. The van der Waals surface area contributed by atoms with Gasteiger partial charge in [0.1, 0.15) is 12.6 Å². The summed E-state index contributed by atoms with van der Waals surface area (Å²) >= 11 is 1.62. The smallest absolute Gasteiger partial charge is 0.325 e. The number of carbonyl (C=O) groups excluding carboxylic acids is 3. The Kier molecular flexibility index (Phi) is 7.30. The van der Waals surface area contributed by atoms with Crippen molar-refractivity contribution in [2.24, 2.45) is 0 Å². The van der Waals surface area contributed by atoms with E-state index in [0.717, 1.165) is 27.5 Å². The summed E-state index contributed by atoms with van der Waals surface area (Å²) in [7, 11) is 0. The van der Waals surface area contributed by atoms with E-state index in [-0.39, 0.29) is 30.2 Å². The Balaban J connectivity index is 2.14. The summed E-state index contributed by atoms with van der Waals surface area (Å²) in [6.07, 6.45) is 2.52. The van der Waals surface area contributed by atoms with Crippen LogP contribution in [-0.4, -0.2) is 47.3 Å². The lowest BCUT2D eigenvalue weighted by atomic mass is 9.92. The fraction of sp³-hybridized carbons (Fsp3) is 0.550. The van der Waals surface area contributed by atoms with Crippen LogP contribution < -0.4 is 10.6 Å². The van der Waals surface area contributed by atoms with Crippen molar-refractivity contribution >= 4 is 35.3 Å². The first kappa shape index (κ1) is 21.3. The Morgan fingerprint density at radius 3 is 2.30 bits per heavy atom. The zero-order valence-corrected chi connectivity index (χ0v) is 17.5. The van der Waals surface area contributed by atoms with Crippen LogP contribution in [-0.2, 0) is 9.59 Å². The molecule has 0 spiro atoms. The first-order valence-electron chi connectivity index (χ1n) is 9.29. The second kappa shape index (κ2) is 9.26. The predicted molar refractivity (Wildman–Crippen MR) is 110 cm³/mol. The fourth-order valence-corrected chi connectivity index (χ4v) is 3.65. The zero-order valence-electron chi connectivity index (χ0n) is 16.7. The van der Waals surface area contributed by atoms with Gasteiger partial charge in [-0.15, -0.1) is 0 Å². The Morgan fingerprint density at radius 1 is 1.19 bits per heavy atom. The van der Waals surface area contributed by atoms with Crippen molar-refractivity contribution in [2.75, 3.05) is 23.9 Å². The number of anilines is 1. The van der Waals surface area contributed by atoms with Gasteiger partial charge >= 0.3 is 6.03 Å². The van der Waals surface area contributed by atoms with Crippen LogP contribution in [0.25, 0.3) is 0 Å². The van der Waals surface area contributed by atoms with Gasteiger partial charge in [-0.1, -0.05) is 45.9 Å². The largest absolute Gasteiger partial charge is 0.326 e. The SMILES string of the molecule is CSCC[C@@H]1NC(=O)N(CC(=O)Nc2c(C(C)C)cccc2C(C)C)C1=O. The van der Waals surface area contributed by atoms with Crippen LogP contribution in [0.4, 0.5) is 10.5 Å². The van der Waals surface area contributed by atoms with Gasteiger partial charge in [0.2, 0.25) is 5.91 Å². The third-order valence-electron chi connectivity index (χ3n) is 4.66. The molecule has 0 aliphatic carbocycles. The standard InChI is InChI=1S/C20H29N3O3S/c1-12(2)14-7-6-8-15(13(3)4)18(14)22-17(24)11-23-19(25)16(9-10-27-5)21-20(23)26/h6-8,12-13,16H,9-11H2,1-5H3,(H,21,26)(H,22,24)/t16-/m0/s1. The summed E-state index contributed by atoms with van der Waals surface area (Å²) in [5.74, 6) is 0.568. The normalized spacial score (nSPS) is 17.0. The topological polar surface area (TPSA) is 78.5 Å². The molecular weight excluding hydrogens is 362 g/mol. The molecular formula is C20H29N3O3S. The molecule has 1 heterocycles. The number of hydrogen-bond donors (Lipinski definition) is 2. The van der Waals surface area contributed by atoms with Crippen molar-refractivity contribution in [1.82, 2.24) is 10.2 Å². The van der Waals surface area contributed by atoms with E-state index in [1.54, 1.807) is 11.8 Å². The van der Waals surface area contributed by atoms with Gasteiger partial charge in [-0.3, -0.25) is 14.5 Å². The molecule has 0 aromatic heterocycles. The van der Waals surface area contributed by atoms with Gasteiger partial charge in [0.25, 0.3) is 5.91 Å². The van der Waals surface area contributed by atoms with E-state index in [1.807, 2.05) is 24.5 Å². The van der Waals surface area contributed by atoms with E-state index in [9.17, 15) is 14.4 Å². The van der Waals surface area contributed by atoms with Crippen molar-refractivity contribution in [1.29, 1.82) is 0 Å². The number of carbonyl (C=O) groups is 3. The molecule has 148 valence electrons. The number of amides is 4. The molecule has 1 atom stereocenters. The highest BCUT2D eigenvalue weighted by Crippen LogP contribution is 2.32.